The lowest BCUT2D eigenvalue weighted by molar-refractivity contribution is 0.101. The number of fused-ring (bicyclic) bond motifs is 1. The quantitative estimate of drug-likeness (QED) is 0.249. The summed E-state index contributed by atoms with van der Waals surface area (Å²) in [6.45, 7) is 1.53. The van der Waals surface area contributed by atoms with Gasteiger partial charge >= 0.3 is 0 Å². The van der Waals surface area contributed by atoms with Crippen molar-refractivity contribution in [3.05, 3.63) is 109 Å². The Bertz CT molecular complexity index is 1540. The van der Waals surface area contributed by atoms with Crippen molar-refractivity contribution in [1.82, 2.24) is 15.0 Å². The summed E-state index contributed by atoms with van der Waals surface area (Å²) in [7, 11) is 0. The number of rotatable bonds is 7. The number of Topliss-reactive ketones (excluding diaryl/α,β-unsaturated/α-hetero) is 1. The third-order valence-corrected chi connectivity index (χ3v) is 5.55. The Labute approximate surface area is 207 Å². The van der Waals surface area contributed by atoms with Crippen LogP contribution in [0.1, 0.15) is 27.6 Å². The van der Waals surface area contributed by atoms with Gasteiger partial charge in [0.2, 0.25) is 0 Å². The Kier molecular flexibility index (Phi) is 6.31. The number of ketones is 1. The van der Waals surface area contributed by atoms with Crippen LogP contribution in [0, 0.1) is 0 Å². The van der Waals surface area contributed by atoms with Crippen LogP contribution in [0.15, 0.2) is 97.6 Å². The van der Waals surface area contributed by atoms with Crippen LogP contribution in [0.4, 0.5) is 28.6 Å². The number of carbonyl (C=O) groups is 2. The fourth-order valence-electron chi connectivity index (χ4n) is 3.66. The van der Waals surface area contributed by atoms with E-state index in [0.717, 1.165) is 28.0 Å². The minimum absolute atomic E-state index is 0.0140. The average Bonchev–Trinajstić information content (AvgIpc) is 2.91. The van der Waals surface area contributed by atoms with Crippen molar-refractivity contribution in [2.75, 3.05) is 16.0 Å². The fraction of sp³-hybridized carbons (Fsp3) is 0.0357. The van der Waals surface area contributed by atoms with E-state index in [-0.39, 0.29) is 11.7 Å². The van der Waals surface area contributed by atoms with Gasteiger partial charge in [-0.25, -0.2) is 4.98 Å². The summed E-state index contributed by atoms with van der Waals surface area (Å²) in [6, 6.07) is 21.8. The summed E-state index contributed by atoms with van der Waals surface area (Å²) in [5, 5.41) is 10.2. The van der Waals surface area contributed by atoms with Gasteiger partial charge < -0.3 is 16.0 Å². The molecule has 0 fully saturated rings. The van der Waals surface area contributed by atoms with Crippen molar-refractivity contribution in [2.45, 2.75) is 6.92 Å². The number of pyridine rings is 3. The predicted octanol–water partition coefficient (Wildman–Crippen LogP) is 5.97. The van der Waals surface area contributed by atoms with Gasteiger partial charge in [-0.05, 0) is 79.7 Å². The number of benzene rings is 2. The Balaban J connectivity index is 1.25. The zero-order valence-electron chi connectivity index (χ0n) is 19.4. The number of hydrogen-bond acceptors (Lipinski definition) is 7. The molecular weight excluding hydrogens is 452 g/mol. The topological polar surface area (TPSA) is 109 Å². The second kappa shape index (κ2) is 10.0. The minimum atomic E-state index is -0.260. The molecule has 3 aromatic heterocycles. The number of nitrogens with zero attached hydrogens (tertiary/aromatic N) is 3. The van der Waals surface area contributed by atoms with Gasteiger partial charge in [-0.15, -0.1) is 0 Å². The zero-order valence-corrected chi connectivity index (χ0v) is 19.4. The monoisotopic (exact) mass is 474 g/mol. The molecule has 0 atom stereocenters. The molecule has 36 heavy (non-hydrogen) atoms. The van der Waals surface area contributed by atoms with E-state index in [9.17, 15) is 9.59 Å². The van der Waals surface area contributed by atoms with E-state index in [1.807, 2.05) is 54.6 Å². The van der Waals surface area contributed by atoms with Gasteiger partial charge in [-0.3, -0.25) is 19.6 Å². The van der Waals surface area contributed by atoms with Gasteiger partial charge in [0.05, 0.1) is 16.8 Å². The minimum Gasteiger partial charge on any atom is -0.355 e. The summed E-state index contributed by atoms with van der Waals surface area (Å²) >= 11 is 0. The first-order valence-electron chi connectivity index (χ1n) is 11.3. The van der Waals surface area contributed by atoms with Crippen molar-refractivity contribution in [2.24, 2.45) is 0 Å². The molecule has 0 saturated carbocycles. The summed E-state index contributed by atoms with van der Waals surface area (Å²) in [4.78, 5) is 37.2. The molecule has 5 aromatic rings. The molecule has 8 nitrogen and oxygen atoms in total. The molecule has 0 aliphatic carbocycles. The van der Waals surface area contributed by atoms with Crippen molar-refractivity contribution in [3.63, 3.8) is 0 Å². The van der Waals surface area contributed by atoms with E-state index < -0.39 is 0 Å². The number of nitrogens with one attached hydrogen (secondary N) is 3. The normalized spacial score (nSPS) is 10.6. The zero-order chi connectivity index (χ0) is 24.9. The highest BCUT2D eigenvalue weighted by Gasteiger charge is 2.10. The van der Waals surface area contributed by atoms with E-state index in [4.69, 9.17) is 0 Å². The van der Waals surface area contributed by atoms with Crippen molar-refractivity contribution in [3.8, 4) is 0 Å². The molecule has 0 aliphatic rings. The summed E-state index contributed by atoms with van der Waals surface area (Å²) in [5.41, 5.74) is 5.08. The molecule has 0 aliphatic heterocycles. The summed E-state index contributed by atoms with van der Waals surface area (Å²) in [5.74, 6) is 0.294. The molecule has 0 radical (unpaired) electrons. The molecule has 5 rings (SSSR count). The lowest BCUT2D eigenvalue weighted by atomic mass is 10.1. The van der Waals surface area contributed by atoms with Crippen LogP contribution in [0.3, 0.4) is 0 Å². The van der Waals surface area contributed by atoms with E-state index in [1.165, 1.54) is 13.1 Å². The summed E-state index contributed by atoms with van der Waals surface area (Å²) < 4.78 is 0. The molecule has 3 heterocycles. The number of anilines is 5. The van der Waals surface area contributed by atoms with Gasteiger partial charge in [0, 0.05) is 52.8 Å². The number of hydrogen-bond donors (Lipinski definition) is 3. The van der Waals surface area contributed by atoms with E-state index in [1.54, 1.807) is 36.8 Å². The third kappa shape index (κ3) is 5.18. The number of carbonyl (C=O) groups excluding carboxylic acids is 2. The standard InChI is InChI=1S/C28H22N6O2/c1-18(35)19-2-8-25-24(16-19)26(12-15-30-25)34-27-9-3-20(17-31-27)28(36)33-22-6-4-21(5-7-22)32-23-10-13-29-14-11-23/h2-17H,1H3,(H,29,32)(H,33,36)(H,30,31,34). The maximum absolute atomic E-state index is 12.7. The van der Waals surface area contributed by atoms with Crippen molar-refractivity contribution >= 4 is 51.2 Å². The second-order valence-corrected chi connectivity index (χ2v) is 8.10. The van der Waals surface area contributed by atoms with Gasteiger partial charge in [-0.1, -0.05) is 0 Å². The molecule has 3 N–H and O–H groups in total. The van der Waals surface area contributed by atoms with Crippen LogP contribution in [-0.2, 0) is 0 Å². The molecule has 2 aromatic carbocycles. The predicted molar refractivity (Wildman–Crippen MR) is 141 cm³/mol. The maximum atomic E-state index is 12.7. The van der Waals surface area contributed by atoms with Gasteiger partial charge in [-0.2, -0.15) is 0 Å². The van der Waals surface area contributed by atoms with Gasteiger partial charge in [0.15, 0.2) is 5.78 Å². The number of amides is 1. The lowest BCUT2D eigenvalue weighted by Crippen LogP contribution is -2.12. The summed E-state index contributed by atoms with van der Waals surface area (Å²) in [6.07, 6.45) is 6.64. The molecule has 0 unspecified atom stereocenters. The highest BCUT2D eigenvalue weighted by Crippen LogP contribution is 2.26. The van der Waals surface area contributed by atoms with Gasteiger partial charge in [0.1, 0.15) is 5.82 Å². The van der Waals surface area contributed by atoms with Crippen LogP contribution in [0.2, 0.25) is 0 Å². The van der Waals surface area contributed by atoms with E-state index >= 15 is 0 Å². The average molecular weight is 475 g/mol. The Morgan fingerprint density at radius 2 is 1.42 bits per heavy atom. The van der Waals surface area contributed by atoms with Crippen LogP contribution >= 0.6 is 0 Å². The van der Waals surface area contributed by atoms with Crippen LogP contribution in [0.25, 0.3) is 10.9 Å². The third-order valence-electron chi connectivity index (χ3n) is 5.55. The van der Waals surface area contributed by atoms with Crippen molar-refractivity contribution in [1.29, 1.82) is 0 Å². The molecule has 176 valence electrons. The highest BCUT2D eigenvalue weighted by atomic mass is 16.1. The van der Waals surface area contributed by atoms with Crippen LogP contribution in [0.5, 0.6) is 0 Å². The first kappa shape index (κ1) is 22.7. The molecule has 0 spiro atoms. The first-order valence-corrected chi connectivity index (χ1v) is 11.3. The molecule has 8 heteroatoms. The van der Waals surface area contributed by atoms with Crippen LogP contribution < -0.4 is 16.0 Å². The van der Waals surface area contributed by atoms with Gasteiger partial charge in [0.25, 0.3) is 5.91 Å². The Hall–Kier alpha value is -5.11. The van der Waals surface area contributed by atoms with Crippen LogP contribution in [-0.4, -0.2) is 26.6 Å². The largest absolute Gasteiger partial charge is 0.355 e. The SMILES string of the molecule is CC(=O)c1ccc2nccc(Nc3ccc(C(=O)Nc4ccc(Nc5ccncc5)cc4)cn3)c2c1. The lowest BCUT2D eigenvalue weighted by Gasteiger charge is -2.11. The Morgan fingerprint density at radius 3 is 2.14 bits per heavy atom. The number of aromatic nitrogens is 3. The fourth-order valence-corrected chi connectivity index (χ4v) is 3.66. The molecule has 1 amide bonds. The first-order chi connectivity index (χ1) is 17.5. The van der Waals surface area contributed by atoms with E-state index in [0.29, 0.717) is 22.6 Å². The van der Waals surface area contributed by atoms with E-state index in [2.05, 4.69) is 30.9 Å². The molecule has 0 saturated heterocycles. The highest BCUT2D eigenvalue weighted by molar-refractivity contribution is 6.04. The molecule has 0 bridgehead atoms. The molecular formula is C28H22N6O2. The smallest absolute Gasteiger partial charge is 0.257 e. The second-order valence-electron chi connectivity index (χ2n) is 8.10. The van der Waals surface area contributed by atoms with Crippen molar-refractivity contribution < 1.29 is 9.59 Å². The maximum Gasteiger partial charge on any atom is 0.257 e. The Morgan fingerprint density at radius 1 is 0.694 bits per heavy atom.